The lowest BCUT2D eigenvalue weighted by Gasteiger charge is -2.22. The summed E-state index contributed by atoms with van der Waals surface area (Å²) in [5.74, 6) is 0.711. The third-order valence-electron chi connectivity index (χ3n) is 10.8. The summed E-state index contributed by atoms with van der Waals surface area (Å²) in [7, 11) is 0. The summed E-state index contributed by atoms with van der Waals surface area (Å²) < 4.78 is 2.39. The SMILES string of the molecule is CC1(C)c2ccccc2-c2ccc(-c3ccc4c(c3)c3c(-c5cc(-c6ccccc6)nc(-c6ccccc6)n5)cccc3n4-c3ccccc3)cc21. The number of hydrogen-bond donors (Lipinski definition) is 0. The standard InChI is InChI=1S/C49H35N3/c1-49(2)41-23-13-12-21-37(41)38-27-25-35(30-42(38)49)34-26-28-45-40(29-34)47-39(22-14-24-46(47)52(45)36-19-10-5-11-20-36)44-31-43(32-15-6-3-7-16-32)50-48(51-44)33-17-8-4-9-18-33/h3-31H,1-2H3. The second-order valence-corrected chi connectivity index (χ2v) is 14.2. The van der Waals surface area contributed by atoms with Gasteiger partial charge in [0.05, 0.1) is 22.4 Å². The van der Waals surface area contributed by atoms with Crippen molar-refractivity contribution in [2.24, 2.45) is 0 Å². The molecule has 246 valence electrons. The molecule has 1 aliphatic carbocycles. The van der Waals surface area contributed by atoms with Gasteiger partial charge in [-0.05, 0) is 75.8 Å². The number of hydrogen-bond acceptors (Lipinski definition) is 2. The minimum absolute atomic E-state index is 0.0670. The van der Waals surface area contributed by atoms with Crippen molar-refractivity contribution in [1.82, 2.24) is 14.5 Å². The molecule has 1 aliphatic rings. The predicted molar refractivity (Wildman–Crippen MR) is 216 cm³/mol. The van der Waals surface area contributed by atoms with Gasteiger partial charge in [-0.1, -0.05) is 147 Å². The molecule has 0 bridgehead atoms. The number of benzene rings is 7. The molecule has 10 rings (SSSR count). The molecular weight excluding hydrogens is 631 g/mol. The molecule has 0 spiro atoms. The zero-order valence-corrected chi connectivity index (χ0v) is 29.1. The molecule has 3 nitrogen and oxygen atoms in total. The maximum atomic E-state index is 5.27. The van der Waals surface area contributed by atoms with E-state index < -0.39 is 0 Å². The quantitative estimate of drug-likeness (QED) is 0.183. The van der Waals surface area contributed by atoms with Gasteiger partial charge in [-0.2, -0.15) is 0 Å². The molecule has 0 amide bonds. The highest BCUT2D eigenvalue weighted by Crippen LogP contribution is 2.50. The zero-order valence-electron chi connectivity index (χ0n) is 29.1. The first-order chi connectivity index (χ1) is 25.5. The summed E-state index contributed by atoms with van der Waals surface area (Å²) in [4.78, 5) is 10.4. The average molecular weight is 666 g/mol. The van der Waals surface area contributed by atoms with Crippen LogP contribution < -0.4 is 0 Å². The van der Waals surface area contributed by atoms with E-state index >= 15 is 0 Å². The van der Waals surface area contributed by atoms with Crippen LogP contribution in [-0.2, 0) is 5.41 Å². The summed E-state index contributed by atoms with van der Waals surface area (Å²) in [6.07, 6.45) is 0. The Kier molecular flexibility index (Phi) is 6.84. The number of nitrogens with zero attached hydrogens (tertiary/aromatic N) is 3. The first-order valence-corrected chi connectivity index (χ1v) is 17.9. The number of aromatic nitrogens is 3. The van der Waals surface area contributed by atoms with Gasteiger partial charge in [0.1, 0.15) is 0 Å². The van der Waals surface area contributed by atoms with Crippen LogP contribution in [0.2, 0.25) is 0 Å². The lowest BCUT2D eigenvalue weighted by Crippen LogP contribution is -2.14. The van der Waals surface area contributed by atoms with Gasteiger partial charge in [-0.25, -0.2) is 9.97 Å². The van der Waals surface area contributed by atoms with Crippen LogP contribution in [0.4, 0.5) is 0 Å². The summed E-state index contributed by atoms with van der Waals surface area (Å²) >= 11 is 0. The molecule has 9 aromatic rings. The molecule has 3 heteroatoms. The molecule has 0 N–H and O–H groups in total. The molecule has 0 fully saturated rings. The van der Waals surface area contributed by atoms with Crippen molar-refractivity contribution in [3.63, 3.8) is 0 Å². The minimum Gasteiger partial charge on any atom is -0.309 e. The fraction of sp³-hybridized carbons (Fsp3) is 0.0612. The fourth-order valence-corrected chi connectivity index (χ4v) is 8.26. The van der Waals surface area contributed by atoms with Crippen molar-refractivity contribution in [2.75, 3.05) is 0 Å². The van der Waals surface area contributed by atoms with E-state index in [-0.39, 0.29) is 5.41 Å². The third-order valence-corrected chi connectivity index (χ3v) is 10.8. The topological polar surface area (TPSA) is 30.7 Å². The maximum Gasteiger partial charge on any atom is 0.160 e. The van der Waals surface area contributed by atoms with Crippen molar-refractivity contribution >= 4 is 21.8 Å². The third kappa shape index (κ3) is 4.74. The smallest absolute Gasteiger partial charge is 0.160 e. The molecular formula is C49H35N3. The normalized spacial score (nSPS) is 13.0. The van der Waals surface area contributed by atoms with Gasteiger partial charge in [0.25, 0.3) is 0 Å². The van der Waals surface area contributed by atoms with Crippen LogP contribution in [0.5, 0.6) is 0 Å². The van der Waals surface area contributed by atoms with Gasteiger partial charge in [-0.15, -0.1) is 0 Å². The number of fused-ring (bicyclic) bond motifs is 6. The highest BCUT2D eigenvalue weighted by molar-refractivity contribution is 6.16. The van der Waals surface area contributed by atoms with Crippen molar-refractivity contribution in [3.8, 4) is 61.8 Å². The predicted octanol–water partition coefficient (Wildman–Crippen LogP) is 12.5. The summed E-state index contributed by atoms with van der Waals surface area (Å²) in [5.41, 5.74) is 16.1. The van der Waals surface area contributed by atoms with E-state index in [1.165, 1.54) is 44.2 Å². The van der Waals surface area contributed by atoms with E-state index in [1.807, 2.05) is 24.3 Å². The Morgan fingerprint density at radius 1 is 0.423 bits per heavy atom. The van der Waals surface area contributed by atoms with Crippen molar-refractivity contribution in [1.29, 1.82) is 0 Å². The molecule has 0 saturated heterocycles. The monoisotopic (exact) mass is 665 g/mol. The Morgan fingerprint density at radius 3 is 1.83 bits per heavy atom. The molecule has 2 aromatic heterocycles. The van der Waals surface area contributed by atoms with Crippen molar-refractivity contribution in [3.05, 3.63) is 187 Å². The van der Waals surface area contributed by atoms with Crippen LogP contribution in [0.1, 0.15) is 25.0 Å². The van der Waals surface area contributed by atoms with E-state index in [0.717, 1.165) is 44.8 Å². The molecule has 0 saturated carbocycles. The van der Waals surface area contributed by atoms with Crippen LogP contribution >= 0.6 is 0 Å². The molecule has 0 atom stereocenters. The summed E-state index contributed by atoms with van der Waals surface area (Å²) in [6, 6.07) is 62.9. The van der Waals surface area contributed by atoms with Gasteiger partial charge in [0.2, 0.25) is 0 Å². The number of rotatable bonds is 5. The average Bonchev–Trinajstić information content (AvgIpc) is 3.66. The van der Waals surface area contributed by atoms with E-state index in [2.05, 4.69) is 170 Å². The van der Waals surface area contributed by atoms with E-state index in [9.17, 15) is 0 Å². The maximum absolute atomic E-state index is 5.27. The van der Waals surface area contributed by atoms with Crippen LogP contribution in [0.3, 0.4) is 0 Å². The highest BCUT2D eigenvalue weighted by Gasteiger charge is 2.35. The fourth-order valence-electron chi connectivity index (χ4n) is 8.26. The largest absolute Gasteiger partial charge is 0.309 e. The van der Waals surface area contributed by atoms with Crippen LogP contribution in [0.25, 0.3) is 83.6 Å². The van der Waals surface area contributed by atoms with Crippen LogP contribution in [0, 0.1) is 0 Å². The lowest BCUT2D eigenvalue weighted by atomic mass is 9.81. The first-order valence-electron chi connectivity index (χ1n) is 17.9. The van der Waals surface area contributed by atoms with E-state index in [4.69, 9.17) is 9.97 Å². The summed E-state index contributed by atoms with van der Waals surface area (Å²) in [6.45, 7) is 4.69. The Labute approximate surface area is 303 Å². The zero-order chi connectivity index (χ0) is 34.8. The first kappa shape index (κ1) is 30.3. The van der Waals surface area contributed by atoms with Crippen LogP contribution in [0.15, 0.2) is 176 Å². The molecule has 2 heterocycles. The van der Waals surface area contributed by atoms with Crippen molar-refractivity contribution in [2.45, 2.75) is 19.3 Å². The lowest BCUT2D eigenvalue weighted by molar-refractivity contribution is 0.660. The summed E-state index contributed by atoms with van der Waals surface area (Å²) in [5, 5.41) is 2.37. The van der Waals surface area contributed by atoms with Gasteiger partial charge in [0, 0.05) is 38.6 Å². The Morgan fingerprint density at radius 2 is 1.04 bits per heavy atom. The second-order valence-electron chi connectivity index (χ2n) is 14.2. The van der Waals surface area contributed by atoms with Gasteiger partial charge < -0.3 is 4.57 Å². The Bertz CT molecular complexity index is 2740. The van der Waals surface area contributed by atoms with Gasteiger partial charge in [-0.3, -0.25) is 0 Å². The molecule has 0 aliphatic heterocycles. The Balaban J connectivity index is 1.23. The Hall–Kier alpha value is -6.58. The highest BCUT2D eigenvalue weighted by atomic mass is 15.0. The van der Waals surface area contributed by atoms with Gasteiger partial charge in [0.15, 0.2) is 5.82 Å². The van der Waals surface area contributed by atoms with Gasteiger partial charge >= 0.3 is 0 Å². The molecule has 0 unspecified atom stereocenters. The van der Waals surface area contributed by atoms with E-state index in [0.29, 0.717) is 5.82 Å². The van der Waals surface area contributed by atoms with Crippen LogP contribution in [-0.4, -0.2) is 14.5 Å². The van der Waals surface area contributed by atoms with E-state index in [1.54, 1.807) is 0 Å². The molecule has 52 heavy (non-hydrogen) atoms. The van der Waals surface area contributed by atoms with Crippen molar-refractivity contribution < 1.29 is 0 Å². The molecule has 0 radical (unpaired) electrons. The molecule has 7 aromatic carbocycles. The minimum atomic E-state index is -0.0670. The second kappa shape index (κ2) is 11.8. The number of para-hydroxylation sites is 1.